The van der Waals surface area contributed by atoms with Crippen LogP contribution in [0.25, 0.3) is 11.1 Å². The van der Waals surface area contributed by atoms with Gasteiger partial charge in [0.25, 0.3) is 0 Å². The molecule has 0 aromatic heterocycles. The van der Waals surface area contributed by atoms with Gasteiger partial charge in [-0.3, -0.25) is 0 Å². The summed E-state index contributed by atoms with van der Waals surface area (Å²) in [6.07, 6.45) is 0. The molecule has 0 spiro atoms. The predicted molar refractivity (Wildman–Crippen MR) is 80.8 cm³/mol. The van der Waals surface area contributed by atoms with E-state index in [4.69, 9.17) is 28.8 Å². The number of nitrogens with two attached hydrogens (primary N) is 2. The molecule has 6 heteroatoms. The van der Waals surface area contributed by atoms with Gasteiger partial charge in [-0.25, -0.2) is 4.79 Å². The van der Waals surface area contributed by atoms with E-state index in [2.05, 4.69) is 0 Å². The van der Waals surface area contributed by atoms with Crippen molar-refractivity contribution in [2.75, 3.05) is 5.73 Å². The Labute approximate surface area is 120 Å². The minimum absolute atomic E-state index is 0.238. The number of aromatic carboxylic acids is 1. The van der Waals surface area contributed by atoms with Crippen LogP contribution in [0.2, 0.25) is 0 Å². The third kappa shape index (κ3) is 2.55. The number of benzene rings is 2. The molecule has 0 fully saturated rings. The van der Waals surface area contributed by atoms with Crippen LogP contribution in [0, 0.1) is 0 Å². The number of carboxylic acids is 1. The first-order valence-corrected chi connectivity index (χ1v) is 6.07. The highest BCUT2D eigenvalue weighted by atomic mass is 32.1. The predicted octanol–water partition coefficient (Wildman–Crippen LogP) is 1.97. The van der Waals surface area contributed by atoms with Crippen LogP contribution < -0.4 is 11.5 Å². The van der Waals surface area contributed by atoms with E-state index in [-0.39, 0.29) is 22.0 Å². The molecule has 0 unspecified atom stereocenters. The quantitative estimate of drug-likeness (QED) is 0.390. The fourth-order valence-electron chi connectivity index (χ4n) is 1.85. The van der Waals surface area contributed by atoms with E-state index in [1.165, 1.54) is 12.1 Å². The molecule has 0 heterocycles. The van der Waals surface area contributed by atoms with E-state index in [0.717, 1.165) is 0 Å². The van der Waals surface area contributed by atoms with Gasteiger partial charge in [0.05, 0.1) is 0 Å². The number of phenols is 1. The van der Waals surface area contributed by atoms with E-state index in [1.807, 2.05) is 0 Å². The zero-order valence-corrected chi connectivity index (χ0v) is 11.1. The topological polar surface area (TPSA) is 110 Å². The minimum Gasteiger partial charge on any atom is -0.506 e. The Bertz CT molecular complexity index is 696. The molecule has 102 valence electrons. The summed E-state index contributed by atoms with van der Waals surface area (Å²) < 4.78 is 0. The second kappa shape index (κ2) is 5.18. The molecular formula is C14H12N2O3S. The van der Waals surface area contributed by atoms with Crippen molar-refractivity contribution in [2.45, 2.75) is 0 Å². The van der Waals surface area contributed by atoms with Crippen molar-refractivity contribution in [3.63, 3.8) is 0 Å². The van der Waals surface area contributed by atoms with Gasteiger partial charge in [0.15, 0.2) is 0 Å². The van der Waals surface area contributed by atoms with Crippen molar-refractivity contribution >= 4 is 28.9 Å². The van der Waals surface area contributed by atoms with Crippen molar-refractivity contribution < 1.29 is 15.0 Å². The van der Waals surface area contributed by atoms with Crippen LogP contribution in [0.3, 0.4) is 0 Å². The molecule has 20 heavy (non-hydrogen) atoms. The third-order valence-electron chi connectivity index (χ3n) is 2.84. The molecule has 0 saturated heterocycles. The van der Waals surface area contributed by atoms with Gasteiger partial charge in [-0.15, -0.1) is 0 Å². The molecule has 5 nitrogen and oxygen atoms in total. The second-order valence-corrected chi connectivity index (χ2v) is 4.65. The summed E-state index contributed by atoms with van der Waals surface area (Å²) in [7, 11) is 0. The van der Waals surface area contributed by atoms with Crippen LogP contribution in [0.4, 0.5) is 5.69 Å². The van der Waals surface area contributed by atoms with E-state index >= 15 is 0 Å². The average molecular weight is 288 g/mol. The van der Waals surface area contributed by atoms with Gasteiger partial charge in [-0.1, -0.05) is 36.5 Å². The standard InChI is InChI=1S/C14H12N2O3S/c15-9-5-10(12(17)11(6-9)14(18)19)7-1-3-8(4-2-7)13(16)20/h1-6,17H,15H2,(H2,16,20)(H,18,19). The Morgan fingerprint density at radius 2 is 1.75 bits per heavy atom. The van der Waals surface area contributed by atoms with Crippen molar-refractivity contribution in [3.8, 4) is 16.9 Å². The van der Waals surface area contributed by atoms with Crippen molar-refractivity contribution in [3.05, 3.63) is 47.5 Å². The van der Waals surface area contributed by atoms with E-state index in [1.54, 1.807) is 24.3 Å². The molecule has 0 aliphatic heterocycles. The van der Waals surface area contributed by atoms with Gasteiger partial charge in [0.1, 0.15) is 16.3 Å². The first-order valence-electron chi connectivity index (χ1n) is 5.66. The van der Waals surface area contributed by atoms with Gasteiger partial charge in [-0.05, 0) is 17.7 Å². The lowest BCUT2D eigenvalue weighted by Crippen LogP contribution is -2.08. The maximum absolute atomic E-state index is 11.1. The largest absolute Gasteiger partial charge is 0.506 e. The monoisotopic (exact) mass is 288 g/mol. The zero-order valence-electron chi connectivity index (χ0n) is 10.3. The molecule has 0 aliphatic carbocycles. The van der Waals surface area contributed by atoms with Gasteiger partial charge in [0.2, 0.25) is 0 Å². The number of hydrogen-bond acceptors (Lipinski definition) is 4. The number of carbonyl (C=O) groups is 1. The van der Waals surface area contributed by atoms with Gasteiger partial charge in [-0.2, -0.15) is 0 Å². The van der Waals surface area contributed by atoms with Gasteiger partial charge < -0.3 is 21.7 Å². The molecule has 0 radical (unpaired) electrons. The maximum atomic E-state index is 11.1. The number of thiocarbonyl (C=S) groups is 1. The normalized spacial score (nSPS) is 10.2. The number of anilines is 1. The molecule has 0 atom stereocenters. The van der Waals surface area contributed by atoms with Crippen LogP contribution in [-0.4, -0.2) is 21.2 Å². The number of rotatable bonds is 3. The summed E-state index contributed by atoms with van der Waals surface area (Å²) in [5.74, 6) is -1.56. The zero-order chi connectivity index (χ0) is 14.9. The Morgan fingerprint density at radius 1 is 1.15 bits per heavy atom. The van der Waals surface area contributed by atoms with Crippen LogP contribution in [0.1, 0.15) is 15.9 Å². The first kappa shape index (κ1) is 13.8. The molecule has 0 saturated carbocycles. The summed E-state index contributed by atoms with van der Waals surface area (Å²) >= 11 is 4.85. The van der Waals surface area contributed by atoms with Crippen molar-refractivity contribution in [1.82, 2.24) is 0 Å². The lowest BCUT2D eigenvalue weighted by atomic mass is 9.99. The second-order valence-electron chi connectivity index (χ2n) is 4.21. The smallest absolute Gasteiger partial charge is 0.339 e. The summed E-state index contributed by atoms with van der Waals surface area (Å²) in [4.78, 5) is 11.3. The molecule has 6 N–H and O–H groups in total. The number of aromatic hydroxyl groups is 1. The lowest BCUT2D eigenvalue weighted by Gasteiger charge is -2.10. The molecule has 0 aliphatic rings. The molecule has 2 aromatic carbocycles. The summed E-state index contributed by atoms with van der Waals surface area (Å²) in [6, 6.07) is 9.49. The molecular weight excluding hydrogens is 276 g/mol. The number of carboxylic acid groups (broad SMARTS) is 1. The lowest BCUT2D eigenvalue weighted by molar-refractivity contribution is 0.0694. The van der Waals surface area contributed by atoms with Crippen LogP contribution in [-0.2, 0) is 0 Å². The fourth-order valence-corrected chi connectivity index (χ4v) is 1.99. The summed E-state index contributed by atoms with van der Waals surface area (Å²) in [6.45, 7) is 0. The van der Waals surface area contributed by atoms with Crippen molar-refractivity contribution in [2.24, 2.45) is 5.73 Å². The highest BCUT2D eigenvalue weighted by Crippen LogP contribution is 2.34. The summed E-state index contributed by atoms with van der Waals surface area (Å²) in [5, 5.41) is 19.1. The Morgan fingerprint density at radius 3 is 2.25 bits per heavy atom. The van der Waals surface area contributed by atoms with Crippen LogP contribution in [0.5, 0.6) is 5.75 Å². The Hall–Kier alpha value is -2.60. The Kier molecular flexibility index (Phi) is 3.58. The van der Waals surface area contributed by atoms with Crippen LogP contribution in [0.15, 0.2) is 36.4 Å². The summed E-state index contributed by atoms with van der Waals surface area (Å²) in [5.41, 5.74) is 12.8. The maximum Gasteiger partial charge on any atom is 0.339 e. The van der Waals surface area contributed by atoms with E-state index in [0.29, 0.717) is 16.7 Å². The number of hydrogen-bond donors (Lipinski definition) is 4. The molecule has 0 bridgehead atoms. The average Bonchev–Trinajstić information content (AvgIpc) is 2.41. The fraction of sp³-hybridized carbons (Fsp3) is 0. The van der Waals surface area contributed by atoms with Crippen LogP contribution >= 0.6 is 12.2 Å². The minimum atomic E-state index is -1.24. The Balaban J connectivity index is 2.57. The molecule has 0 amide bonds. The van der Waals surface area contributed by atoms with Gasteiger partial charge in [0, 0.05) is 16.8 Å². The highest BCUT2D eigenvalue weighted by molar-refractivity contribution is 7.80. The third-order valence-corrected chi connectivity index (χ3v) is 3.08. The van der Waals surface area contributed by atoms with E-state index in [9.17, 15) is 9.90 Å². The van der Waals surface area contributed by atoms with Gasteiger partial charge >= 0.3 is 5.97 Å². The number of nitrogen functional groups attached to an aromatic ring is 1. The molecule has 2 rings (SSSR count). The SMILES string of the molecule is NC(=S)c1ccc(-c2cc(N)cc(C(=O)O)c2O)cc1. The highest BCUT2D eigenvalue weighted by Gasteiger charge is 2.16. The van der Waals surface area contributed by atoms with Crippen molar-refractivity contribution in [1.29, 1.82) is 0 Å². The first-order chi connectivity index (χ1) is 9.40. The molecule has 2 aromatic rings. The van der Waals surface area contributed by atoms with E-state index < -0.39 is 5.97 Å².